The van der Waals surface area contributed by atoms with E-state index in [-0.39, 0.29) is 5.25 Å². The van der Waals surface area contributed by atoms with Crippen molar-refractivity contribution in [1.29, 1.82) is 0 Å². The molecule has 0 saturated carbocycles. The van der Waals surface area contributed by atoms with Crippen molar-refractivity contribution in [3.8, 4) is 0 Å². The van der Waals surface area contributed by atoms with Gasteiger partial charge in [-0.15, -0.1) is 16.9 Å². The molecule has 1 atom stereocenters. The van der Waals surface area contributed by atoms with Gasteiger partial charge in [0.2, 0.25) is 5.91 Å². The van der Waals surface area contributed by atoms with E-state index < -0.39 is 0 Å². The summed E-state index contributed by atoms with van der Waals surface area (Å²) in [5.74, 6) is 2.39. The third-order valence-corrected chi connectivity index (χ3v) is 6.01. The molecule has 3 heterocycles. The molecule has 1 amide bonds. The van der Waals surface area contributed by atoms with Gasteiger partial charge in [0.1, 0.15) is 0 Å². The quantitative estimate of drug-likeness (QED) is 0.846. The van der Waals surface area contributed by atoms with Crippen molar-refractivity contribution in [2.45, 2.75) is 18.1 Å². The van der Waals surface area contributed by atoms with Crippen LogP contribution in [-0.4, -0.2) is 58.2 Å². The van der Waals surface area contributed by atoms with E-state index in [1.165, 1.54) is 6.42 Å². The highest BCUT2D eigenvalue weighted by Gasteiger charge is 2.30. The summed E-state index contributed by atoms with van der Waals surface area (Å²) in [7, 11) is 0. The highest BCUT2D eigenvalue weighted by atomic mass is 32.2. The molecule has 0 N–H and O–H groups in total. The molecular formula is C17H20N4OS. The van der Waals surface area contributed by atoms with Gasteiger partial charge in [-0.3, -0.25) is 4.79 Å². The molecule has 2 aliphatic heterocycles. The number of nitrogens with zero attached hydrogens (tertiary/aromatic N) is 4. The first-order valence-corrected chi connectivity index (χ1v) is 9.23. The van der Waals surface area contributed by atoms with E-state index in [0.29, 0.717) is 5.91 Å². The summed E-state index contributed by atoms with van der Waals surface area (Å²) in [5, 5.41) is 10.9. The zero-order chi connectivity index (χ0) is 15.6. The van der Waals surface area contributed by atoms with Crippen LogP contribution in [0.15, 0.2) is 30.5 Å². The Hall–Kier alpha value is -1.82. The van der Waals surface area contributed by atoms with Crippen LogP contribution >= 0.6 is 11.8 Å². The van der Waals surface area contributed by atoms with Crippen LogP contribution in [0.4, 0.5) is 5.82 Å². The van der Waals surface area contributed by atoms with Crippen molar-refractivity contribution in [1.82, 2.24) is 15.1 Å². The highest BCUT2D eigenvalue weighted by molar-refractivity contribution is 8.00. The van der Waals surface area contributed by atoms with Crippen molar-refractivity contribution >= 4 is 34.3 Å². The van der Waals surface area contributed by atoms with Gasteiger partial charge >= 0.3 is 0 Å². The zero-order valence-electron chi connectivity index (χ0n) is 13.0. The Morgan fingerprint density at radius 3 is 2.78 bits per heavy atom. The van der Waals surface area contributed by atoms with Crippen LogP contribution in [0.3, 0.4) is 0 Å². The largest absolute Gasteiger partial charge is 0.351 e. The number of thioether (sulfide) groups is 1. The molecule has 23 heavy (non-hydrogen) atoms. The molecule has 2 aliphatic rings. The number of carbonyl (C=O) groups is 1. The summed E-state index contributed by atoms with van der Waals surface area (Å²) in [5.41, 5.74) is 0. The smallest absolute Gasteiger partial charge is 0.235 e. The molecule has 2 aromatic rings. The highest BCUT2D eigenvalue weighted by Crippen LogP contribution is 2.29. The zero-order valence-corrected chi connectivity index (χ0v) is 13.8. The summed E-state index contributed by atoms with van der Waals surface area (Å²) >= 11 is 1.82. The van der Waals surface area contributed by atoms with Crippen molar-refractivity contribution in [3.05, 3.63) is 30.5 Å². The molecule has 0 spiro atoms. The van der Waals surface area contributed by atoms with Gasteiger partial charge in [-0.25, -0.2) is 0 Å². The number of benzene rings is 1. The van der Waals surface area contributed by atoms with E-state index in [0.717, 1.165) is 54.9 Å². The molecule has 120 valence electrons. The van der Waals surface area contributed by atoms with E-state index in [1.807, 2.05) is 28.8 Å². The van der Waals surface area contributed by atoms with Gasteiger partial charge in [-0.05, 0) is 18.6 Å². The maximum absolute atomic E-state index is 12.5. The summed E-state index contributed by atoms with van der Waals surface area (Å²) in [6.45, 7) is 3.21. The fourth-order valence-electron chi connectivity index (χ4n) is 3.36. The second-order valence-corrected chi connectivity index (χ2v) is 7.38. The van der Waals surface area contributed by atoms with E-state index >= 15 is 0 Å². The first kappa shape index (κ1) is 14.8. The van der Waals surface area contributed by atoms with Crippen LogP contribution in [0.5, 0.6) is 0 Å². The Kier molecular flexibility index (Phi) is 4.08. The number of anilines is 1. The molecule has 0 bridgehead atoms. The third kappa shape index (κ3) is 2.87. The number of rotatable bonds is 2. The Morgan fingerprint density at radius 1 is 1.17 bits per heavy atom. The van der Waals surface area contributed by atoms with Crippen molar-refractivity contribution in [2.75, 3.05) is 36.8 Å². The van der Waals surface area contributed by atoms with Crippen LogP contribution in [0.2, 0.25) is 0 Å². The molecule has 6 heteroatoms. The van der Waals surface area contributed by atoms with Gasteiger partial charge in [0, 0.05) is 37.0 Å². The number of fused-ring (bicyclic) bond motifs is 1. The van der Waals surface area contributed by atoms with Crippen molar-refractivity contribution < 1.29 is 4.79 Å². The van der Waals surface area contributed by atoms with E-state index in [1.54, 1.807) is 6.20 Å². The standard InChI is InChI=1S/C17H20N4OS/c22-17(15-6-3-11-23-15)21-9-7-20(8-10-21)16-14-5-2-1-4-13(14)12-18-19-16/h1-2,4-5,12,15H,3,6-11H2. The summed E-state index contributed by atoms with van der Waals surface area (Å²) in [6.07, 6.45) is 4.01. The summed E-state index contributed by atoms with van der Waals surface area (Å²) in [6, 6.07) is 8.20. The van der Waals surface area contributed by atoms with Gasteiger partial charge in [0.05, 0.1) is 11.4 Å². The maximum Gasteiger partial charge on any atom is 0.235 e. The number of carbonyl (C=O) groups excluding carboxylic acids is 1. The van der Waals surface area contributed by atoms with Crippen molar-refractivity contribution in [2.24, 2.45) is 0 Å². The number of amides is 1. The van der Waals surface area contributed by atoms with E-state index in [9.17, 15) is 4.79 Å². The Morgan fingerprint density at radius 2 is 2.00 bits per heavy atom. The molecule has 5 nitrogen and oxygen atoms in total. The summed E-state index contributed by atoms with van der Waals surface area (Å²) < 4.78 is 0. The van der Waals surface area contributed by atoms with Crippen LogP contribution in [0.25, 0.3) is 10.8 Å². The summed E-state index contributed by atoms with van der Waals surface area (Å²) in [4.78, 5) is 16.8. The lowest BCUT2D eigenvalue weighted by Gasteiger charge is -2.36. The monoisotopic (exact) mass is 328 g/mol. The second kappa shape index (κ2) is 6.35. The van der Waals surface area contributed by atoms with Crippen LogP contribution in [-0.2, 0) is 4.79 Å². The average Bonchev–Trinajstić information content (AvgIpc) is 3.15. The molecular weight excluding hydrogens is 308 g/mol. The predicted molar refractivity (Wildman–Crippen MR) is 93.8 cm³/mol. The number of piperazine rings is 1. The number of aromatic nitrogens is 2. The first-order chi connectivity index (χ1) is 11.3. The number of hydrogen-bond donors (Lipinski definition) is 0. The maximum atomic E-state index is 12.5. The van der Waals surface area contributed by atoms with Gasteiger partial charge in [-0.2, -0.15) is 5.10 Å². The van der Waals surface area contributed by atoms with Crippen LogP contribution in [0, 0.1) is 0 Å². The van der Waals surface area contributed by atoms with Crippen molar-refractivity contribution in [3.63, 3.8) is 0 Å². The lowest BCUT2D eigenvalue weighted by molar-refractivity contribution is -0.130. The number of hydrogen-bond acceptors (Lipinski definition) is 5. The fraction of sp³-hybridized carbons (Fsp3) is 0.471. The molecule has 2 fully saturated rings. The minimum Gasteiger partial charge on any atom is -0.351 e. The van der Waals surface area contributed by atoms with E-state index in [2.05, 4.69) is 27.2 Å². The predicted octanol–water partition coefficient (Wildman–Crippen LogP) is 2.17. The minimum absolute atomic E-state index is 0.193. The average molecular weight is 328 g/mol. The van der Waals surface area contributed by atoms with E-state index in [4.69, 9.17) is 0 Å². The molecule has 2 saturated heterocycles. The molecule has 4 rings (SSSR count). The van der Waals surface area contributed by atoms with Crippen LogP contribution < -0.4 is 4.90 Å². The molecule has 1 unspecified atom stereocenters. The first-order valence-electron chi connectivity index (χ1n) is 8.19. The van der Waals surface area contributed by atoms with Gasteiger partial charge in [0.15, 0.2) is 5.82 Å². The Bertz CT molecular complexity index is 703. The topological polar surface area (TPSA) is 49.3 Å². The Labute approximate surface area is 140 Å². The van der Waals surface area contributed by atoms with Gasteiger partial charge in [-0.1, -0.05) is 24.3 Å². The van der Waals surface area contributed by atoms with Gasteiger partial charge in [0.25, 0.3) is 0 Å². The van der Waals surface area contributed by atoms with Gasteiger partial charge < -0.3 is 9.80 Å². The normalized spacial score (nSPS) is 21.8. The van der Waals surface area contributed by atoms with Crippen LogP contribution in [0.1, 0.15) is 12.8 Å². The minimum atomic E-state index is 0.193. The molecule has 1 aromatic carbocycles. The SMILES string of the molecule is O=C(C1CCCS1)N1CCN(c2nncc3ccccc23)CC1. The molecule has 0 radical (unpaired) electrons. The molecule has 0 aliphatic carbocycles. The molecule has 1 aromatic heterocycles. The lowest BCUT2D eigenvalue weighted by atomic mass is 10.1. The third-order valence-electron chi connectivity index (χ3n) is 4.65. The second-order valence-electron chi connectivity index (χ2n) is 6.07. The Balaban J connectivity index is 1.47. The lowest BCUT2D eigenvalue weighted by Crippen LogP contribution is -2.51. The fourth-order valence-corrected chi connectivity index (χ4v) is 4.60.